The highest BCUT2D eigenvalue weighted by Crippen LogP contribution is 2.22. The van der Waals surface area contributed by atoms with Gasteiger partial charge < -0.3 is 10.1 Å². The van der Waals surface area contributed by atoms with Crippen molar-refractivity contribution in [2.75, 3.05) is 13.7 Å². The molecule has 0 aliphatic heterocycles. The van der Waals surface area contributed by atoms with Crippen LogP contribution in [0, 0.1) is 10.1 Å². The molecule has 0 radical (unpaired) electrons. The second-order valence-electron chi connectivity index (χ2n) is 4.90. The van der Waals surface area contributed by atoms with Gasteiger partial charge in [-0.15, -0.1) is 0 Å². The standard InChI is InChI=1S/C14H20N2O3/c1-19-14-8-4-6-12(14)15-10-9-11-5-2-3-7-13(11)16(17)18/h2-3,5,7,12,14-15H,4,6,8-10H2,1H3. The normalized spacial score (nSPS) is 22.6. The highest BCUT2D eigenvalue weighted by atomic mass is 16.6. The lowest BCUT2D eigenvalue weighted by molar-refractivity contribution is -0.385. The molecule has 1 aliphatic rings. The fraction of sp³-hybridized carbons (Fsp3) is 0.571. The third-order valence-electron chi connectivity index (χ3n) is 3.74. The van der Waals surface area contributed by atoms with E-state index in [4.69, 9.17) is 4.74 Å². The molecular weight excluding hydrogens is 244 g/mol. The van der Waals surface area contributed by atoms with Crippen LogP contribution in [0.5, 0.6) is 0 Å². The van der Waals surface area contributed by atoms with E-state index in [0.717, 1.165) is 24.9 Å². The molecule has 0 aromatic heterocycles. The summed E-state index contributed by atoms with van der Waals surface area (Å²) in [5, 5.41) is 14.4. The molecule has 0 heterocycles. The molecule has 1 aliphatic carbocycles. The first-order chi connectivity index (χ1) is 9.22. The molecule has 2 rings (SSSR count). The predicted molar refractivity (Wildman–Crippen MR) is 73.2 cm³/mol. The number of hydrogen-bond donors (Lipinski definition) is 1. The minimum Gasteiger partial charge on any atom is -0.380 e. The fourth-order valence-corrected chi connectivity index (χ4v) is 2.73. The van der Waals surface area contributed by atoms with Crippen molar-refractivity contribution >= 4 is 5.69 Å². The first-order valence-corrected chi connectivity index (χ1v) is 6.71. The summed E-state index contributed by atoms with van der Waals surface area (Å²) in [6, 6.07) is 7.31. The Bertz CT molecular complexity index is 436. The molecule has 2 unspecified atom stereocenters. The van der Waals surface area contributed by atoms with Gasteiger partial charge in [-0.2, -0.15) is 0 Å². The van der Waals surface area contributed by atoms with E-state index in [-0.39, 0.29) is 16.7 Å². The van der Waals surface area contributed by atoms with Crippen molar-refractivity contribution in [3.8, 4) is 0 Å². The Hall–Kier alpha value is -1.46. The van der Waals surface area contributed by atoms with Crippen molar-refractivity contribution in [2.24, 2.45) is 0 Å². The lowest BCUT2D eigenvalue weighted by Gasteiger charge is -2.19. The number of hydrogen-bond acceptors (Lipinski definition) is 4. The number of ether oxygens (including phenoxy) is 1. The number of rotatable bonds is 6. The Labute approximate surface area is 113 Å². The molecule has 104 valence electrons. The fourth-order valence-electron chi connectivity index (χ4n) is 2.73. The number of nitro groups is 1. The molecule has 0 bridgehead atoms. The van der Waals surface area contributed by atoms with E-state index in [1.165, 1.54) is 6.42 Å². The maximum Gasteiger partial charge on any atom is 0.272 e. The van der Waals surface area contributed by atoms with Crippen LogP contribution in [-0.4, -0.2) is 30.7 Å². The monoisotopic (exact) mass is 264 g/mol. The minimum atomic E-state index is -0.317. The highest BCUT2D eigenvalue weighted by molar-refractivity contribution is 5.39. The number of nitrogens with one attached hydrogen (secondary N) is 1. The molecule has 1 aromatic carbocycles. The summed E-state index contributed by atoms with van der Waals surface area (Å²) < 4.78 is 5.42. The van der Waals surface area contributed by atoms with Gasteiger partial charge in [-0.1, -0.05) is 18.2 Å². The summed E-state index contributed by atoms with van der Waals surface area (Å²) in [6.07, 6.45) is 4.35. The molecule has 1 aromatic rings. The molecule has 0 saturated heterocycles. The lowest BCUT2D eigenvalue weighted by Crippen LogP contribution is -2.37. The number of nitrogens with zero attached hydrogens (tertiary/aromatic N) is 1. The van der Waals surface area contributed by atoms with Crippen molar-refractivity contribution < 1.29 is 9.66 Å². The van der Waals surface area contributed by atoms with Crippen LogP contribution in [0.2, 0.25) is 0 Å². The zero-order valence-electron chi connectivity index (χ0n) is 11.2. The van der Waals surface area contributed by atoms with Crippen molar-refractivity contribution in [3.05, 3.63) is 39.9 Å². The molecule has 1 fully saturated rings. The molecule has 5 nitrogen and oxygen atoms in total. The van der Waals surface area contributed by atoms with Crippen LogP contribution >= 0.6 is 0 Å². The Balaban J connectivity index is 1.87. The number of para-hydroxylation sites is 1. The van der Waals surface area contributed by atoms with Gasteiger partial charge in [0.25, 0.3) is 5.69 Å². The Morgan fingerprint density at radius 2 is 2.21 bits per heavy atom. The smallest absolute Gasteiger partial charge is 0.272 e. The molecular formula is C14H20N2O3. The van der Waals surface area contributed by atoms with Gasteiger partial charge in [0, 0.05) is 24.8 Å². The number of methoxy groups -OCH3 is 1. The number of benzene rings is 1. The van der Waals surface area contributed by atoms with Crippen LogP contribution < -0.4 is 5.32 Å². The second kappa shape index (κ2) is 6.63. The lowest BCUT2D eigenvalue weighted by atomic mass is 10.1. The van der Waals surface area contributed by atoms with Crippen LogP contribution in [0.4, 0.5) is 5.69 Å². The van der Waals surface area contributed by atoms with Gasteiger partial charge >= 0.3 is 0 Å². The SMILES string of the molecule is COC1CCCC1NCCc1ccccc1[N+](=O)[O-]. The number of nitro benzene ring substituents is 1. The maximum atomic E-state index is 10.9. The molecule has 1 saturated carbocycles. The summed E-state index contributed by atoms with van der Waals surface area (Å²) in [5.41, 5.74) is 0.992. The zero-order valence-corrected chi connectivity index (χ0v) is 11.2. The van der Waals surface area contributed by atoms with Crippen molar-refractivity contribution in [1.82, 2.24) is 5.32 Å². The van der Waals surface area contributed by atoms with Gasteiger partial charge in [0.15, 0.2) is 0 Å². The zero-order chi connectivity index (χ0) is 13.7. The van der Waals surface area contributed by atoms with Crippen LogP contribution in [0.3, 0.4) is 0 Å². The van der Waals surface area contributed by atoms with Crippen LogP contribution in [0.1, 0.15) is 24.8 Å². The van der Waals surface area contributed by atoms with Gasteiger partial charge in [0.05, 0.1) is 11.0 Å². The summed E-state index contributed by atoms with van der Waals surface area (Å²) in [5.74, 6) is 0. The van der Waals surface area contributed by atoms with Crippen molar-refractivity contribution in [3.63, 3.8) is 0 Å². The van der Waals surface area contributed by atoms with Gasteiger partial charge in [0.2, 0.25) is 0 Å². The van der Waals surface area contributed by atoms with E-state index in [1.807, 2.05) is 12.1 Å². The summed E-state index contributed by atoms with van der Waals surface area (Å²) in [6.45, 7) is 0.745. The first-order valence-electron chi connectivity index (χ1n) is 6.71. The highest BCUT2D eigenvalue weighted by Gasteiger charge is 2.26. The maximum absolute atomic E-state index is 10.9. The van der Waals surface area contributed by atoms with E-state index in [1.54, 1.807) is 19.2 Å². The van der Waals surface area contributed by atoms with Crippen LogP contribution in [0.25, 0.3) is 0 Å². The van der Waals surface area contributed by atoms with Gasteiger partial charge in [-0.25, -0.2) is 0 Å². The summed E-state index contributed by atoms with van der Waals surface area (Å²) >= 11 is 0. The molecule has 0 amide bonds. The Morgan fingerprint density at radius 1 is 1.42 bits per heavy atom. The Morgan fingerprint density at radius 3 is 2.95 bits per heavy atom. The molecule has 2 atom stereocenters. The topological polar surface area (TPSA) is 64.4 Å². The Kier molecular flexibility index (Phi) is 4.87. The van der Waals surface area contributed by atoms with E-state index >= 15 is 0 Å². The molecule has 5 heteroatoms. The molecule has 1 N–H and O–H groups in total. The van der Waals surface area contributed by atoms with Crippen molar-refractivity contribution in [2.45, 2.75) is 37.8 Å². The van der Waals surface area contributed by atoms with E-state index < -0.39 is 0 Å². The van der Waals surface area contributed by atoms with Crippen LogP contribution in [0.15, 0.2) is 24.3 Å². The summed E-state index contributed by atoms with van der Waals surface area (Å²) in [4.78, 5) is 10.6. The average molecular weight is 264 g/mol. The minimum absolute atomic E-state index is 0.207. The van der Waals surface area contributed by atoms with Gasteiger partial charge in [0.1, 0.15) is 0 Å². The average Bonchev–Trinajstić information content (AvgIpc) is 2.86. The first kappa shape index (κ1) is 14.0. The predicted octanol–water partition coefficient (Wildman–Crippen LogP) is 2.29. The molecule has 0 spiro atoms. The van der Waals surface area contributed by atoms with Gasteiger partial charge in [-0.3, -0.25) is 10.1 Å². The van der Waals surface area contributed by atoms with Crippen molar-refractivity contribution in [1.29, 1.82) is 0 Å². The van der Waals surface area contributed by atoms with Gasteiger partial charge in [-0.05, 0) is 32.2 Å². The quantitative estimate of drug-likeness (QED) is 0.632. The largest absolute Gasteiger partial charge is 0.380 e. The third-order valence-corrected chi connectivity index (χ3v) is 3.74. The second-order valence-corrected chi connectivity index (χ2v) is 4.90. The van der Waals surface area contributed by atoms with Crippen LogP contribution in [-0.2, 0) is 11.2 Å². The van der Waals surface area contributed by atoms with E-state index in [9.17, 15) is 10.1 Å². The van der Waals surface area contributed by atoms with E-state index in [0.29, 0.717) is 12.5 Å². The molecule has 19 heavy (non-hydrogen) atoms. The summed E-state index contributed by atoms with van der Waals surface area (Å²) in [7, 11) is 1.74. The van der Waals surface area contributed by atoms with E-state index in [2.05, 4.69) is 5.32 Å². The third kappa shape index (κ3) is 3.52.